The molecule has 0 saturated carbocycles. The molecule has 0 aliphatic carbocycles. The van der Waals surface area contributed by atoms with Crippen molar-refractivity contribution in [3.8, 4) is 0 Å². The Kier molecular flexibility index (Phi) is 7.67. The lowest BCUT2D eigenvalue weighted by Crippen LogP contribution is -2.58. The summed E-state index contributed by atoms with van der Waals surface area (Å²) in [6, 6.07) is -0.310. The fourth-order valence-corrected chi connectivity index (χ4v) is 4.81. The highest BCUT2D eigenvalue weighted by molar-refractivity contribution is 7.88. The second kappa shape index (κ2) is 9.30. The highest BCUT2D eigenvalue weighted by Gasteiger charge is 2.37. The van der Waals surface area contributed by atoms with E-state index < -0.39 is 10.0 Å². The molecule has 2 rings (SSSR count). The lowest BCUT2D eigenvalue weighted by atomic mass is 9.90. The summed E-state index contributed by atoms with van der Waals surface area (Å²) in [7, 11) is -3.25. The van der Waals surface area contributed by atoms with E-state index in [2.05, 4.69) is 23.5 Å². The molecule has 2 fully saturated rings. The van der Waals surface area contributed by atoms with E-state index in [4.69, 9.17) is 4.74 Å². The fraction of sp³-hybridized carbons (Fsp3) is 0.941. The maximum atomic E-state index is 13.3. The Morgan fingerprint density at radius 3 is 2.40 bits per heavy atom. The molecule has 2 atom stereocenters. The van der Waals surface area contributed by atoms with E-state index in [0.717, 1.165) is 38.8 Å². The van der Waals surface area contributed by atoms with Crippen molar-refractivity contribution in [1.82, 2.24) is 14.5 Å². The Labute approximate surface area is 152 Å². The van der Waals surface area contributed by atoms with Crippen LogP contribution in [0.25, 0.3) is 0 Å². The van der Waals surface area contributed by atoms with Crippen molar-refractivity contribution in [1.29, 1.82) is 0 Å². The largest absolute Gasteiger partial charge is 0.379 e. The Morgan fingerprint density at radius 2 is 1.84 bits per heavy atom. The van der Waals surface area contributed by atoms with Crippen LogP contribution in [0.5, 0.6) is 0 Å². The van der Waals surface area contributed by atoms with Gasteiger partial charge in [0, 0.05) is 32.2 Å². The summed E-state index contributed by atoms with van der Waals surface area (Å²) >= 11 is 0. The molecule has 146 valence electrons. The number of sulfonamides is 1. The molecule has 0 aromatic heterocycles. The average Bonchev–Trinajstić information content (AvgIpc) is 2.58. The predicted molar refractivity (Wildman–Crippen MR) is 97.8 cm³/mol. The first-order valence-corrected chi connectivity index (χ1v) is 11.3. The van der Waals surface area contributed by atoms with E-state index in [0.29, 0.717) is 32.2 Å². The number of ether oxygens (including phenoxy) is 1. The number of amides is 1. The van der Waals surface area contributed by atoms with Crippen LogP contribution in [0.3, 0.4) is 0 Å². The van der Waals surface area contributed by atoms with Crippen molar-refractivity contribution in [2.45, 2.75) is 51.6 Å². The Bertz CT molecular complexity index is 530. The van der Waals surface area contributed by atoms with Crippen LogP contribution in [0.1, 0.15) is 39.5 Å². The van der Waals surface area contributed by atoms with E-state index in [1.54, 1.807) is 0 Å². The zero-order valence-electron chi connectivity index (χ0n) is 15.7. The molecule has 0 radical (unpaired) electrons. The highest BCUT2D eigenvalue weighted by Crippen LogP contribution is 2.24. The summed E-state index contributed by atoms with van der Waals surface area (Å²) in [4.78, 5) is 17.5. The van der Waals surface area contributed by atoms with Crippen LogP contribution in [0.2, 0.25) is 0 Å². The van der Waals surface area contributed by atoms with Crippen molar-refractivity contribution in [2.75, 3.05) is 45.6 Å². The number of piperidine rings is 1. The number of morpholine rings is 1. The van der Waals surface area contributed by atoms with Gasteiger partial charge >= 0.3 is 0 Å². The summed E-state index contributed by atoms with van der Waals surface area (Å²) in [5, 5.41) is 0. The second-order valence-electron chi connectivity index (χ2n) is 7.18. The van der Waals surface area contributed by atoms with Gasteiger partial charge in [-0.25, -0.2) is 13.1 Å². The monoisotopic (exact) mass is 375 g/mol. The summed E-state index contributed by atoms with van der Waals surface area (Å²) in [6.07, 6.45) is 4.71. The van der Waals surface area contributed by atoms with Gasteiger partial charge < -0.3 is 9.64 Å². The van der Waals surface area contributed by atoms with Gasteiger partial charge in [0.2, 0.25) is 15.9 Å². The third kappa shape index (κ3) is 5.91. The number of carbonyl (C=O) groups is 1. The van der Waals surface area contributed by atoms with E-state index in [-0.39, 0.29) is 18.0 Å². The number of hydrogen-bond acceptors (Lipinski definition) is 5. The first-order valence-electron chi connectivity index (χ1n) is 9.43. The SMILES string of the molecule is CCC(CC)[C@@H](C(=O)N1CCC[C@@H](NS(C)(=O)=O)C1)N1CCOCC1. The molecule has 8 heteroatoms. The minimum Gasteiger partial charge on any atom is -0.379 e. The first-order chi connectivity index (χ1) is 11.9. The molecule has 0 spiro atoms. The van der Waals surface area contributed by atoms with Gasteiger partial charge in [-0.05, 0) is 18.8 Å². The van der Waals surface area contributed by atoms with E-state index in [9.17, 15) is 13.2 Å². The summed E-state index contributed by atoms with van der Waals surface area (Å²) < 4.78 is 31.2. The van der Waals surface area contributed by atoms with Gasteiger partial charge in [-0.3, -0.25) is 9.69 Å². The minimum absolute atomic E-state index is 0.129. The van der Waals surface area contributed by atoms with Crippen LogP contribution >= 0.6 is 0 Å². The Morgan fingerprint density at radius 1 is 1.20 bits per heavy atom. The maximum Gasteiger partial charge on any atom is 0.240 e. The molecule has 25 heavy (non-hydrogen) atoms. The summed E-state index contributed by atoms with van der Waals surface area (Å²) in [6.45, 7) is 8.36. The molecular weight excluding hydrogens is 342 g/mol. The van der Waals surface area contributed by atoms with Crippen LogP contribution in [0, 0.1) is 5.92 Å². The topological polar surface area (TPSA) is 79.0 Å². The molecule has 0 bridgehead atoms. The van der Waals surface area contributed by atoms with Gasteiger partial charge in [0.25, 0.3) is 0 Å². The highest BCUT2D eigenvalue weighted by atomic mass is 32.2. The van der Waals surface area contributed by atoms with E-state index in [1.165, 1.54) is 6.26 Å². The Balaban J connectivity index is 2.11. The van der Waals surface area contributed by atoms with Crippen LogP contribution in [-0.2, 0) is 19.6 Å². The normalized spacial score (nSPS) is 24.5. The molecule has 2 aliphatic heterocycles. The molecule has 2 heterocycles. The van der Waals surface area contributed by atoms with E-state index in [1.807, 2.05) is 4.90 Å². The molecule has 0 aromatic rings. The van der Waals surface area contributed by atoms with Crippen LogP contribution in [0.15, 0.2) is 0 Å². The third-order valence-corrected chi connectivity index (χ3v) is 6.06. The first kappa shape index (κ1) is 20.6. The quantitative estimate of drug-likeness (QED) is 0.707. The zero-order valence-corrected chi connectivity index (χ0v) is 16.6. The standard InChI is InChI=1S/C17H33N3O4S/c1-4-14(5-2)16(19-9-11-24-12-10-19)17(21)20-8-6-7-15(13-20)18-25(3,22)23/h14-16,18H,4-13H2,1-3H3/t15-,16+/m1/s1. The number of likely N-dealkylation sites (tertiary alicyclic amines) is 1. The molecule has 1 N–H and O–H groups in total. The van der Waals surface area contributed by atoms with Crippen molar-refractivity contribution >= 4 is 15.9 Å². The van der Waals surface area contributed by atoms with Gasteiger partial charge in [0.15, 0.2) is 0 Å². The second-order valence-corrected chi connectivity index (χ2v) is 8.96. The van der Waals surface area contributed by atoms with E-state index >= 15 is 0 Å². The molecule has 0 aromatic carbocycles. The maximum absolute atomic E-state index is 13.3. The smallest absolute Gasteiger partial charge is 0.240 e. The van der Waals surface area contributed by atoms with Gasteiger partial charge in [0.05, 0.1) is 25.5 Å². The number of carbonyl (C=O) groups excluding carboxylic acids is 1. The van der Waals surface area contributed by atoms with Crippen molar-refractivity contribution in [3.63, 3.8) is 0 Å². The predicted octanol–water partition coefficient (Wildman–Crippen LogP) is 0.664. The number of rotatable bonds is 7. The van der Waals surface area contributed by atoms with Gasteiger partial charge in [0.1, 0.15) is 0 Å². The number of nitrogens with one attached hydrogen (secondary N) is 1. The van der Waals surface area contributed by atoms with Crippen molar-refractivity contribution < 1.29 is 17.9 Å². The molecule has 2 saturated heterocycles. The van der Waals surface area contributed by atoms with Crippen molar-refractivity contribution in [2.24, 2.45) is 5.92 Å². The summed E-state index contributed by atoms with van der Waals surface area (Å²) in [5.41, 5.74) is 0. The fourth-order valence-electron chi connectivity index (χ4n) is 4.01. The van der Waals surface area contributed by atoms with Crippen LogP contribution < -0.4 is 4.72 Å². The molecule has 1 amide bonds. The zero-order chi connectivity index (χ0) is 18.4. The summed E-state index contributed by atoms with van der Waals surface area (Å²) in [5.74, 6) is 0.462. The lowest BCUT2D eigenvalue weighted by molar-refractivity contribution is -0.142. The van der Waals surface area contributed by atoms with Gasteiger partial charge in [-0.15, -0.1) is 0 Å². The third-order valence-electron chi connectivity index (χ3n) is 5.30. The number of nitrogens with zero attached hydrogens (tertiary/aromatic N) is 2. The Hall–Kier alpha value is -0.700. The van der Waals surface area contributed by atoms with Crippen molar-refractivity contribution in [3.05, 3.63) is 0 Å². The average molecular weight is 376 g/mol. The molecule has 0 unspecified atom stereocenters. The lowest BCUT2D eigenvalue weighted by Gasteiger charge is -2.42. The van der Waals surface area contributed by atoms with Crippen LogP contribution in [-0.4, -0.2) is 81.9 Å². The molecule has 7 nitrogen and oxygen atoms in total. The number of hydrogen-bond donors (Lipinski definition) is 1. The van der Waals surface area contributed by atoms with Gasteiger partial charge in [-0.2, -0.15) is 0 Å². The molecule has 2 aliphatic rings. The van der Waals surface area contributed by atoms with Crippen LogP contribution in [0.4, 0.5) is 0 Å². The molecular formula is C17H33N3O4S. The minimum atomic E-state index is -3.25. The van der Waals surface area contributed by atoms with Gasteiger partial charge in [-0.1, -0.05) is 26.7 Å².